The number of carbonyl (C=O) groups excluding carboxylic acids is 3. The van der Waals surface area contributed by atoms with Gasteiger partial charge in [-0.2, -0.15) is 0 Å². The predicted molar refractivity (Wildman–Crippen MR) is 107 cm³/mol. The topological polar surface area (TPSA) is 135 Å². The molecule has 0 aromatic rings. The number of aliphatic hydroxyl groups excluding tert-OH is 2. The summed E-state index contributed by atoms with van der Waals surface area (Å²) in [4.78, 5) is 36.0. The van der Waals surface area contributed by atoms with Gasteiger partial charge in [0.15, 0.2) is 23.3 Å². The van der Waals surface area contributed by atoms with Crippen LogP contribution < -0.4 is 5.32 Å². The number of ether oxygens (including phenoxy) is 3. The van der Waals surface area contributed by atoms with Crippen molar-refractivity contribution in [2.24, 2.45) is 11.8 Å². The first kappa shape index (κ1) is 21.9. The van der Waals surface area contributed by atoms with Crippen LogP contribution in [0.4, 0.5) is 0 Å². The molecule has 4 aliphatic heterocycles. The average Bonchev–Trinajstić information content (AvgIpc) is 3.40. The highest BCUT2D eigenvalue weighted by atomic mass is 16.8. The van der Waals surface area contributed by atoms with E-state index in [-0.39, 0.29) is 48.2 Å². The zero-order valence-electron chi connectivity index (χ0n) is 17.9. The van der Waals surface area contributed by atoms with E-state index in [1.165, 1.54) is 6.08 Å². The van der Waals surface area contributed by atoms with Crippen LogP contribution in [0.25, 0.3) is 0 Å². The van der Waals surface area contributed by atoms with Crippen molar-refractivity contribution in [1.82, 2.24) is 5.32 Å². The minimum Gasteiger partial charge on any atom is -0.507 e. The molecule has 4 fully saturated rings. The van der Waals surface area contributed by atoms with E-state index < -0.39 is 35.3 Å². The standard InChI is InChI=1S/C22H27NO8/c1-10(5-6-13(25)15-14(26)8-23-20(15)28)7-11(2)17-12(3)18-16(27)19-22(9-24,31-19)21(4,29-17)30-18/h5-7,11-12,17-19,24-25H,8-9H2,1-4H3,(H,23,28)/b6-5+,10-7+,15-13+/t11-,12+,17+,18-,19+,21+,22+/m1/s1. The molecule has 0 aromatic carbocycles. The highest BCUT2D eigenvalue weighted by Crippen LogP contribution is 2.57. The number of fused-ring (bicyclic) bond motifs is 4. The molecule has 7 atom stereocenters. The molecule has 4 heterocycles. The fourth-order valence-corrected chi connectivity index (χ4v) is 4.82. The Hall–Kier alpha value is -2.33. The monoisotopic (exact) mass is 433 g/mol. The summed E-state index contributed by atoms with van der Waals surface area (Å²) in [5.74, 6) is -3.20. The first-order valence-electron chi connectivity index (χ1n) is 10.3. The van der Waals surface area contributed by atoms with E-state index >= 15 is 0 Å². The van der Waals surface area contributed by atoms with Crippen LogP contribution in [0, 0.1) is 11.8 Å². The Kier molecular flexibility index (Phi) is 5.20. The lowest BCUT2D eigenvalue weighted by molar-refractivity contribution is -0.355. The number of allylic oxidation sites excluding steroid dienone is 3. The molecule has 2 bridgehead atoms. The number of amides is 1. The maximum Gasteiger partial charge on any atom is 0.259 e. The second-order valence-corrected chi connectivity index (χ2v) is 8.84. The first-order valence-corrected chi connectivity index (χ1v) is 10.3. The molecule has 0 saturated carbocycles. The number of Topliss-reactive ketones (excluding diaryl/α,β-unsaturated/α-hetero) is 2. The molecule has 4 saturated heterocycles. The number of aliphatic hydroxyl groups is 2. The molecule has 0 unspecified atom stereocenters. The van der Waals surface area contributed by atoms with Gasteiger partial charge in [-0.15, -0.1) is 0 Å². The van der Waals surface area contributed by atoms with Crippen molar-refractivity contribution >= 4 is 17.5 Å². The Labute approximate surface area is 179 Å². The Balaban J connectivity index is 1.53. The minimum absolute atomic E-state index is 0.116. The molecule has 31 heavy (non-hydrogen) atoms. The molecule has 9 nitrogen and oxygen atoms in total. The van der Waals surface area contributed by atoms with E-state index in [4.69, 9.17) is 14.2 Å². The van der Waals surface area contributed by atoms with Gasteiger partial charge in [-0.3, -0.25) is 14.4 Å². The summed E-state index contributed by atoms with van der Waals surface area (Å²) in [5, 5.41) is 22.3. The van der Waals surface area contributed by atoms with Crippen LogP contribution in [0.5, 0.6) is 0 Å². The highest BCUT2D eigenvalue weighted by molar-refractivity contribution is 6.25. The van der Waals surface area contributed by atoms with Crippen molar-refractivity contribution in [3.05, 3.63) is 35.1 Å². The van der Waals surface area contributed by atoms with Crippen LogP contribution in [0.2, 0.25) is 0 Å². The van der Waals surface area contributed by atoms with Crippen molar-refractivity contribution in [3.8, 4) is 0 Å². The number of carbonyl (C=O) groups is 3. The number of nitrogens with one attached hydrogen (secondary N) is 1. The van der Waals surface area contributed by atoms with Gasteiger partial charge in [0, 0.05) is 11.8 Å². The maximum atomic E-state index is 12.7. The zero-order chi connectivity index (χ0) is 22.7. The molecule has 3 N–H and O–H groups in total. The smallest absolute Gasteiger partial charge is 0.259 e. The molecule has 0 aliphatic carbocycles. The van der Waals surface area contributed by atoms with E-state index in [1.54, 1.807) is 13.0 Å². The second kappa shape index (κ2) is 7.37. The lowest BCUT2D eigenvalue weighted by atomic mass is 9.78. The highest BCUT2D eigenvalue weighted by Gasteiger charge is 2.78. The third kappa shape index (κ3) is 3.27. The van der Waals surface area contributed by atoms with Gasteiger partial charge in [0.25, 0.3) is 5.91 Å². The van der Waals surface area contributed by atoms with Gasteiger partial charge in [0.2, 0.25) is 5.79 Å². The fraction of sp³-hybridized carbons (Fsp3) is 0.591. The zero-order valence-corrected chi connectivity index (χ0v) is 17.9. The van der Waals surface area contributed by atoms with Crippen molar-refractivity contribution in [2.45, 2.75) is 57.4 Å². The number of hydrogen-bond donors (Lipinski definition) is 3. The van der Waals surface area contributed by atoms with Gasteiger partial charge in [-0.1, -0.05) is 31.6 Å². The number of epoxide rings is 1. The number of ketones is 2. The Bertz CT molecular complexity index is 918. The van der Waals surface area contributed by atoms with E-state index in [1.807, 2.05) is 26.8 Å². The normalized spacial score (nSPS) is 42.5. The molecule has 0 aromatic heterocycles. The average molecular weight is 433 g/mol. The molecular weight excluding hydrogens is 406 g/mol. The summed E-state index contributed by atoms with van der Waals surface area (Å²) in [6.45, 7) is 6.84. The first-order chi connectivity index (χ1) is 14.5. The summed E-state index contributed by atoms with van der Waals surface area (Å²) < 4.78 is 17.8. The van der Waals surface area contributed by atoms with Crippen LogP contribution >= 0.6 is 0 Å². The Morgan fingerprint density at radius 1 is 1.26 bits per heavy atom. The lowest BCUT2D eigenvalue weighted by Gasteiger charge is -2.51. The van der Waals surface area contributed by atoms with Crippen LogP contribution in [0.3, 0.4) is 0 Å². The molecular formula is C22H27NO8. The Morgan fingerprint density at radius 3 is 2.58 bits per heavy atom. The van der Waals surface area contributed by atoms with Crippen molar-refractivity contribution in [1.29, 1.82) is 0 Å². The van der Waals surface area contributed by atoms with Crippen LogP contribution in [-0.2, 0) is 28.6 Å². The van der Waals surface area contributed by atoms with Gasteiger partial charge < -0.3 is 29.7 Å². The van der Waals surface area contributed by atoms with Crippen molar-refractivity contribution in [2.75, 3.05) is 13.2 Å². The molecule has 0 spiro atoms. The van der Waals surface area contributed by atoms with Crippen LogP contribution in [0.1, 0.15) is 27.7 Å². The molecule has 4 rings (SSSR count). The fourth-order valence-electron chi connectivity index (χ4n) is 4.82. The third-order valence-electron chi connectivity index (χ3n) is 6.67. The molecule has 0 radical (unpaired) electrons. The van der Waals surface area contributed by atoms with Gasteiger partial charge in [0.05, 0.1) is 19.3 Å². The summed E-state index contributed by atoms with van der Waals surface area (Å²) in [6.07, 6.45) is 3.07. The second-order valence-electron chi connectivity index (χ2n) is 8.84. The summed E-state index contributed by atoms with van der Waals surface area (Å²) >= 11 is 0. The lowest BCUT2D eigenvalue weighted by Crippen LogP contribution is -2.67. The number of hydrogen-bond acceptors (Lipinski definition) is 8. The van der Waals surface area contributed by atoms with E-state index in [0.717, 1.165) is 5.57 Å². The molecule has 4 aliphatic rings. The Morgan fingerprint density at radius 2 is 1.97 bits per heavy atom. The third-order valence-corrected chi connectivity index (χ3v) is 6.67. The summed E-state index contributed by atoms with van der Waals surface area (Å²) in [5.41, 5.74) is -0.637. The summed E-state index contributed by atoms with van der Waals surface area (Å²) in [7, 11) is 0. The van der Waals surface area contributed by atoms with E-state index in [9.17, 15) is 24.6 Å². The van der Waals surface area contributed by atoms with Crippen molar-refractivity contribution in [3.63, 3.8) is 0 Å². The van der Waals surface area contributed by atoms with E-state index in [2.05, 4.69) is 5.32 Å². The largest absolute Gasteiger partial charge is 0.507 e. The van der Waals surface area contributed by atoms with Crippen molar-refractivity contribution < 1.29 is 38.8 Å². The van der Waals surface area contributed by atoms with Gasteiger partial charge in [-0.05, 0) is 19.9 Å². The maximum absolute atomic E-state index is 12.7. The van der Waals surface area contributed by atoms with Crippen LogP contribution in [-0.4, -0.2) is 70.5 Å². The predicted octanol–water partition coefficient (Wildman–Crippen LogP) is 0.485. The molecule has 168 valence electrons. The SMILES string of the molecule is CC(/C=C/C(O)=C1/C(=O)CNC1=O)=C\[C@@H](C)[C@@H]1O[C@@]2(C)O[C@@H](C(=O)[C@@H]3O[C@@]32CO)[C@H]1C. The van der Waals surface area contributed by atoms with Gasteiger partial charge >= 0.3 is 0 Å². The quantitative estimate of drug-likeness (QED) is 0.187. The minimum atomic E-state index is -1.23. The van der Waals surface area contributed by atoms with Gasteiger partial charge in [-0.25, -0.2) is 0 Å². The van der Waals surface area contributed by atoms with Crippen LogP contribution in [0.15, 0.2) is 35.1 Å². The van der Waals surface area contributed by atoms with E-state index in [0.29, 0.717) is 0 Å². The number of rotatable bonds is 5. The van der Waals surface area contributed by atoms with Gasteiger partial charge in [0.1, 0.15) is 17.4 Å². The molecule has 1 amide bonds. The molecule has 9 heteroatoms. The summed E-state index contributed by atoms with van der Waals surface area (Å²) in [6, 6.07) is 0.